The number of ether oxygens (including phenoxy) is 6. The van der Waals surface area contributed by atoms with Crippen molar-refractivity contribution in [2.24, 2.45) is 17.3 Å². The maximum atomic E-state index is 13.1. The Kier molecular flexibility index (Phi) is 3.34. The molecule has 11 unspecified atom stereocenters. The molecule has 0 radical (unpaired) electrons. The van der Waals surface area contributed by atoms with Crippen LogP contribution in [0.2, 0.25) is 0 Å². The number of esters is 2. The first-order valence-electron chi connectivity index (χ1n) is 10.7. The van der Waals surface area contributed by atoms with E-state index in [0.717, 1.165) is 0 Å². The number of methoxy groups -OCH3 is 2. The number of epoxide rings is 2. The molecule has 0 aromatic heterocycles. The lowest BCUT2D eigenvalue weighted by atomic mass is 9.48. The molecule has 6 fully saturated rings. The van der Waals surface area contributed by atoms with Crippen molar-refractivity contribution in [3.8, 4) is 0 Å². The van der Waals surface area contributed by atoms with Crippen molar-refractivity contribution in [1.82, 2.24) is 0 Å². The third-order valence-electron chi connectivity index (χ3n) is 9.42. The summed E-state index contributed by atoms with van der Waals surface area (Å²) in [6, 6.07) is 0. The summed E-state index contributed by atoms with van der Waals surface area (Å²) in [7, 11) is 2.73. The summed E-state index contributed by atoms with van der Waals surface area (Å²) in [5.74, 6) is -4.16. The van der Waals surface area contributed by atoms with Gasteiger partial charge in [-0.05, 0) is 12.8 Å². The van der Waals surface area contributed by atoms with Crippen LogP contribution in [0.4, 0.5) is 0 Å². The van der Waals surface area contributed by atoms with Crippen LogP contribution in [0.5, 0.6) is 0 Å². The van der Waals surface area contributed by atoms with E-state index < -0.39 is 81.8 Å². The minimum absolute atomic E-state index is 0.0662. The highest BCUT2D eigenvalue weighted by Gasteiger charge is 2.99. The van der Waals surface area contributed by atoms with Gasteiger partial charge < -0.3 is 38.6 Å². The van der Waals surface area contributed by atoms with Crippen LogP contribution >= 0.6 is 0 Å². The van der Waals surface area contributed by atoms with Crippen LogP contribution < -0.4 is 0 Å². The summed E-state index contributed by atoms with van der Waals surface area (Å²) < 4.78 is 34.6. The second-order valence-electron chi connectivity index (χ2n) is 10.5. The minimum atomic E-state index is -1.84. The topological polar surface area (TPSA) is 137 Å². The van der Waals surface area contributed by atoms with E-state index in [9.17, 15) is 19.8 Å². The predicted octanol–water partition coefficient (Wildman–Crippen LogP) is -0.721. The normalized spacial score (nSPS) is 62.4. The van der Waals surface area contributed by atoms with E-state index in [0.29, 0.717) is 0 Å². The summed E-state index contributed by atoms with van der Waals surface area (Å²) in [6.45, 7) is 6.98. The summed E-state index contributed by atoms with van der Waals surface area (Å²) >= 11 is 0. The number of carbonyl (C=O) groups is 2. The molecule has 0 amide bonds. The van der Waals surface area contributed by atoms with E-state index in [1.165, 1.54) is 14.2 Å². The fourth-order valence-corrected chi connectivity index (χ4v) is 7.74. The standard InChI is InChI=1S/C21H28O10/c1-8(2)20(24)9-14(22)29-12(20)10(26-5)16(3)18(11-13(28-11)21(9,16)25)7-19(15(23)27-6)17(4,30-18)31-19/h8-13,24-25H,7H2,1-6H3. The van der Waals surface area contributed by atoms with Crippen LogP contribution in [0.15, 0.2) is 0 Å². The van der Waals surface area contributed by atoms with Crippen molar-refractivity contribution in [3.63, 3.8) is 0 Å². The van der Waals surface area contributed by atoms with Gasteiger partial charge in [0.05, 0.1) is 12.5 Å². The highest BCUT2D eigenvalue weighted by atomic mass is 16.8. The molecule has 0 aromatic carbocycles. The van der Waals surface area contributed by atoms with Crippen LogP contribution in [0.3, 0.4) is 0 Å². The first-order chi connectivity index (χ1) is 14.4. The van der Waals surface area contributed by atoms with Gasteiger partial charge in [-0.3, -0.25) is 4.79 Å². The van der Waals surface area contributed by atoms with E-state index in [1.54, 1.807) is 27.7 Å². The van der Waals surface area contributed by atoms with E-state index in [1.807, 2.05) is 0 Å². The zero-order valence-corrected chi connectivity index (χ0v) is 18.3. The van der Waals surface area contributed by atoms with Crippen molar-refractivity contribution in [3.05, 3.63) is 0 Å². The molecule has 31 heavy (non-hydrogen) atoms. The Bertz CT molecular complexity index is 922. The Morgan fingerprint density at radius 3 is 2.39 bits per heavy atom. The maximum absolute atomic E-state index is 13.1. The molecule has 11 atom stereocenters. The molecule has 1 spiro atoms. The quantitative estimate of drug-likeness (QED) is 0.427. The van der Waals surface area contributed by atoms with Crippen LogP contribution in [0.25, 0.3) is 0 Å². The van der Waals surface area contributed by atoms with Gasteiger partial charge in [0.25, 0.3) is 0 Å². The second kappa shape index (κ2) is 5.10. The lowest BCUT2D eigenvalue weighted by Gasteiger charge is -2.61. The van der Waals surface area contributed by atoms with Gasteiger partial charge in [0.1, 0.15) is 41.0 Å². The minimum Gasteiger partial charge on any atom is -0.467 e. The third kappa shape index (κ3) is 1.64. The van der Waals surface area contributed by atoms with Crippen molar-refractivity contribution in [2.45, 2.75) is 86.7 Å². The highest BCUT2D eigenvalue weighted by Crippen LogP contribution is 2.80. The second-order valence-corrected chi connectivity index (χ2v) is 10.5. The first-order valence-corrected chi connectivity index (χ1v) is 10.7. The van der Waals surface area contributed by atoms with Gasteiger partial charge in [0, 0.05) is 13.5 Å². The number of fused-ring (bicyclic) bond motifs is 9. The summed E-state index contributed by atoms with van der Waals surface area (Å²) in [5, 5.41) is 24.0. The van der Waals surface area contributed by atoms with Gasteiger partial charge in [0.15, 0.2) is 6.10 Å². The van der Waals surface area contributed by atoms with Gasteiger partial charge in [-0.15, -0.1) is 0 Å². The van der Waals surface area contributed by atoms with Crippen molar-refractivity contribution < 1.29 is 48.2 Å². The maximum Gasteiger partial charge on any atom is 0.344 e. The number of hydrogen-bond donors (Lipinski definition) is 2. The molecule has 10 nitrogen and oxygen atoms in total. The molecule has 4 aliphatic heterocycles. The van der Waals surface area contributed by atoms with Crippen molar-refractivity contribution in [1.29, 1.82) is 0 Å². The Labute approximate surface area is 179 Å². The predicted molar refractivity (Wildman–Crippen MR) is 98.3 cm³/mol. The lowest BCUT2D eigenvalue weighted by molar-refractivity contribution is -0.332. The molecule has 0 aromatic rings. The van der Waals surface area contributed by atoms with Gasteiger partial charge in [-0.1, -0.05) is 20.8 Å². The monoisotopic (exact) mass is 440 g/mol. The number of aliphatic hydroxyl groups is 2. The highest BCUT2D eigenvalue weighted by molar-refractivity contribution is 5.86. The van der Waals surface area contributed by atoms with Crippen LogP contribution in [-0.2, 0) is 38.0 Å². The average Bonchev–Trinajstić information content (AvgIpc) is 3.55. The first kappa shape index (κ1) is 20.3. The fraction of sp³-hybridized carbons (Fsp3) is 0.905. The van der Waals surface area contributed by atoms with Crippen LogP contribution in [-0.4, -0.2) is 89.0 Å². The average molecular weight is 440 g/mol. The summed E-state index contributed by atoms with van der Waals surface area (Å²) in [5.41, 5.74) is -7.29. The molecule has 10 heteroatoms. The molecule has 2 aliphatic carbocycles. The van der Waals surface area contributed by atoms with E-state index in [-0.39, 0.29) is 6.42 Å². The Morgan fingerprint density at radius 1 is 1.13 bits per heavy atom. The SMILES string of the molecule is COC(=O)C12CC3(OC1(C)O2)C1OC1C1(O)C2C(=O)OC(C(OC)C31C)C2(O)C(C)C. The van der Waals surface area contributed by atoms with Gasteiger partial charge in [-0.25, -0.2) is 4.79 Å². The zero-order valence-electron chi connectivity index (χ0n) is 18.3. The molecular formula is C21H28O10. The molecule has 2 N–H and O–H groups in total. The largest absolute Gasteiger partial charge is 0.467 e. The Morgan fingerprint density at radius 2 is 1.81 bits per heavy atom. The van der Waals surface area contributed by atoms with Crippen molar-refractivity contribution >= 4 is 11.9 Å². The molecular weight excluding hydrogens is 412 g/mol. The van der Waals surface area contributed by atoms with Crippen LogP contribution in [0.1, 0.15) is 34.1 Å². The van der Waals surface area contributed by atoms with Crippen LogP contribution in [0, 0.1) is 17.3 Å². The molecule has 2 saturated carbocycles. The van der Waals surface area contributed by atoms with Gasteiger partial charge in [-0.2, -0.15) is 0 Å². The molecule has 172 valence electrons. The van der Waals surface area contributed by atoms with E-state index >= 15 is 0 Å². The zero-order chi connectivity index (χ0) is 22.6. The molecule has 4 heterocycles. The summed E-state index contributed by atoms with van der Waals surface area (Å²) in [4.78, 5) is 25.7. The summed E-state index contributed by atoms with van der Waals surface area (Å²) in [6.07, 6.45) is -3.25. The Hall–Kier alpha value is -1.30. The smallest absolute Gasteiger partial charge is 0.344 e. The van der Waals surface area contributed by atoms with E-state index in [2.05, 4.69) is 0 Å². The van der Waals surface area contributed by atoms with Gasteiger partial charge in [0.2, 0.25) is 11.4 Å². The third-order valence-corrected chi connectivity index (χ3v) is 9.42. The van der Waals surface area contributed by atoms with Crippen molar-refractivity contribution in [2.75, 3.05) is 14.2 Å². The molecule has 6 rings (SSSR count). The number of carbonyl (C=O) groups excluding carboxylic acids is 2. The Balaban J connectivity index is 1.56. The molecule has 4 saturated heterocycles. The fourth-order valence-electron chi connectivity index (χ4n) is 7.74. The molecule has 6 aliphatic rings. The van der Waals surface area contributed by atoms with E-state index in [4.69, 9.17) is 28.4 Å². The molecule has 2 bridgehead atoms. The number of hydrogen-bond acceptors (Lipinski definition) is 10. The van der Waals surface area contributed by atoms with Gasteiger partial charge >= 0.3 is 11.9 Å². The number of rotatable bonds is 3. The lowest BCUT2D eigenvalue weighted by Crippen LogP contribution is -2.79.